The molecule has 2 aromatic carbocycles. The Bertz CT molecular complexity index is 816. The summed E-state index contributed by atoms with van der Waals surface area (Å²) in [5.41, 5.74) is 7.27. The van der Waals surface area contributed by atoms with Crippen LogP contribution in [-0.2, 0) is 16.0 Å². The summed E-state index contributed by atoms with van der Waals surface area (Å²) in [5, 5.41) is 12.4. The predicted octanol–water partition coefficient (Wildman–Crippen LogP) is 1.84. The van der Waals surface area contributed by atoms with Crippen molar-refractivity contribution in [3.63, 3.8) is 0 Å². The van der Waals surface area contributed by atoms with Gasteiger partial charge in [-0.05, 0) is 17.9 Å². The Kier molecular flexibility index (Phi) is 7.46. The standard InChI is InChI=1S/C22H26N2O4/c1-14(2)12-19(25)22(28)24-18(21(23)27)13-15-8-10-17(11-9-15)20(26)16-6-4-3-5-7-16/h3-11,14,18-19,25H,12-13H2,1-2H3,(H2,23,27)(H,24,28)/t18-,19+/m0/s1. The van der Waals surface area contributed by atoms with Gasteiger partial charge in [0.2, 0.25) is 11.8 Å². The first-order valence-corrected chi connectivity index (χ1v) is 9.24. The van der Waals surface area contributed by atoms with Crippen molar-refractivity contribution >= 4 is 17.6 Å². The maximum atomic E-state index is 12.4. The van der Waals surface area contributed by atoms with Crippen LogP contribution in [0.15, 0.2) is 54.6 Å². The zero-order chi connectivity index (χ0) is 20.7. The molecule has 6 heteroatoms. The molecule has 2 atom stereocenters. The molecule has 0 aliphatic carbocycles. The zero-order valence-corrected chi connectivity index (χ0v) is 16.1. The van der Waals surface area contributed by atoms with Crippen molar-refractivity contribution < 1.29 is 19.5 Å². The van der Waals surface area contributed by atoms with E-state index < -0.39 is 24.0 Å². The van der Waals surface area contributed by atoms with Crippen LogP contribution < -0.4 is 11.1 Å². The van der Waals surface area contributed by atoms with Gasteiger partial charge in [0.15, 0.2) is 5.78 Å². The van der Waals surface area contributed by atoms with Crippen molar-refractivity contribution in [2.45, 2.75) is 38.8 Å². The van der Waals surface area contributed by atoms with Crippen molar-refractivity contribution in [1.82, 2.24) is 5.32 Å². The van der Waals surface area contributed by atoms with E-state index in [0.717, 1.165) is 5.56 Å². The molecule has 0 unspecified atom stereocenters. The average molecular weight is 382 g/mol. The molecule has 0 aliphatic rings. The van der Waals surface area contributed by atoms with Gasteiger partial charge < -0.3 is 16.2 Å². The number of hydrogen-bond donors (Lipinski definition) is 3. The van der Waals surface area contributed by atoms with Crippen LogP contribution in [0.5, 0.6) is 0 Å². The Labute approximate surface area is 164 Å². The van der Waals surface area contributed by atoms with Crippen molar-refractivity contribution in [1.29, 1.82) is 0 Å². The maximum Gasteiger partial charge on any atom is 0.249 e. The third kappa shape index (κ3) is 6.03. The molecular weight excluding hydrogens is 356 g/mol. The van der Waals surface area contributed by atoms with Gasteiger partial charge in [0.1, 0.15) is 12.1 Å². The Morgan fingerprint density at radius 2 is 1.54 bits per heavy atom. The zero-order valence-electron chi connectivity index (χ0n) is 16.1. The van der Waals surface area contributed by atoms with Crippen molar-refractivity contribution in [2.24, 2.45) is 11.7 Å². The van der Waals surface area contributed by atoms with Gasteiger partial charge in [-0.3, -0.25) is 14.4 Å². The van der Waals surface area contributed by atoms with Crippen molar-refractivity contribution in [3.8, 4) is 0 Å². The molecule has 2 amide bonds. The van der Waals surface area contributed by atoms with E-state index in [4.69, 9.17) is 5.73 Å². The molecule has 0 bridgehead atoms. The first kappa shape index (κ1) is 21.3. The molecule has 148 valence electrons. The fraction of sp³-hybridized carbons (Fsp3) is 0.318. The summed E-state index contributed by atoms with van der Waals surface area (Å²) in [6, 6.07) is 14.8. The summed E-state index contributed by atoms with van der Waals surface area (Å²) in [5.74, 6) is -1.26. The van der Waals surface area contributed by atoms with Gasteiger partial charge in [0, 0.05) is 17.5 Å². The maximum absolute atomic E-state index is 12.4. The number of benzene rings is 2. The highest BCUT2D eigenvalue weighted by Gasteiger charge is 2.23. The monoisotopic (exact) mass is 382 g/mol. The number of carbonyl (C=O) groups is 3. The molecule has 0 fully saturated rings. The topological polar surface area (TPSA) is 109 Å². The lowest BCUT2D eigenvalue weighted by Gasteiger charge is -2.19. The van der Waals surface area contributed by atoms with Crippen LogP contribution in [-0.4, -0.2) is 34.8 Å². The van der Waals surface area contributed by atoms with E-state index in [2.05, 4.69) is 5.32 Å². The second-order valence-electron chi connectivity index (χ2n) is 7.21. The fourth-order valence-electron chi connectivity index (χ4n) is 2.83. The molecule has 0 saturated heterocycles. The SMILES string of the molecule is CC(C)C[C@@H](O)C(=O)N[C@@H](Cc1ccc(C(=O)c2ccccc2)cc1)C(N)=O. The number of nitrogens with one attached hydrogen (secondary N) is 1. The molecule has 0 spiro atoms. The lowest BCUT2D eigenvalue weighted by Crippen LogP contribution is -2.49. The molecule has 2 rings (SSSR count). The van der Waals surface area contributed by atoms with Crippen LogP contribution in [0, 0.1) is 5.92 Å². The highest BCUT2D eigenvalue weighted by atomic mass is 16.3. The molecule has 4 N–H and O–H groups in total. The summed E-state index contributed by atoms with van der Waals surface area (Å²) < 4.78 is 0. The van der Waals surface area contributed by atoms with Crippen LogP contribution in [0.2, 0.25) is 0 Å². The molecule has 28 heavy (non-hydrogen) atoms. The number of hydrogen-bond acceptors (Lipinski definition) is 4. The minimum atomic E-state index is -1.19. The Morgan fingerprint density at radius 1 is 0.964 bits per heavy atom. The molecule has 0 radical (unpaired) electrons. The first-order chi connectivity index (χ1) is 13.3. The smallest absolute Gasteiger partial charge is 0.249 e. The van der Waals surface area contributed by atoms with Crippen LogP contribution in [0.25, 0.3) is 0 Å². The summed E-state index contributed by atoms with van der Waals surface area (Å²) in [6.07, 6.45) is -0.712. The molecule has 2 aromatic rings. The number of aliphatic hydroxyl groups is 1. The highest BCUT2D eigenvalue weighted by Crippen LogP contribution is 2.13. The van der Waals surface area contributed by atoms with Gasteiger partial charge in [0.05, 0.1) is 0 Å². The summed E-state index contributed by atoms with van der Waals surface area (Å²) in [4.78, 5) is 36.2. The number of amides is 2. The third-order valence-corrected chi connectivity index (χ3v) is 4.35. The largest absolute Gasteiger partial charge is 0.383 e. The molecule has 0 aromatic heterocycles. The van der Waals surface area contributed by atoms with Crippen LogP contribution in [0.1, 0.15) is 41.8 Å². The Balaban J connectivity index is 2.04. The second-order valence-corrected chi connectivity index (χ2v) is 7.21. The summed E-state index contributed by atoms with van der Waals surface area (Å²) in [7, 11) is 0. The average Bonchev–Trinajstić information content (AvgIpc) is 2.67. The quantitative estimate of drug-likeness (QED) is 0.575. The minimum absolute atomic E-state index is 0.0938. The van der Waals surface area contributed by atoms with Gasteiger partial charge in [-0.15, -0.1) is 0 Å². The van der Waals surface area contributed by atoms with E-state index >= 15 is 0 Å². The number of ketones is 1. The Hall–Kier alpha value is -2.99. The number of nitrogens with two attached hydrogens (primary N) is 1. The predicted molar refractivity (Wildman–Crippen MR) is 107 cm³/mol. The van der Waals surface area contributed by atoms with E-state index in [1.165, 1.54) is 0 Å². The highest BCUT2D eigenvalue weighted by molar-refractivity contribution is 6.08. The minimum Gasteiger partial charge on any atom is -0.383 e. The number of rotatable bonds is 9. The van der Waals surface area contributed by atoms with E-state index in [1.807, 2.05) is 19.9 Å². The van der Waals surface area contributed by atoms with Crippen molar-refractivity contribution in [2.75, 3.05) is 0 Å². The number of aliphatic hydroxyl groups excluding tert-OH is 1. The van der Waals surface area contributed by atoms with Crippen LogP contribution in [0.3, 0.4) is 0 Å². The van der Waals surface area contributed by atoms with Crippen LogP contribution in [0.4, 0.5) is 0 Å². The van der Waals surface area contributed by atoms with E-state index in [9.17, 15) is 19.5 Å². The first-order valence-electron chi connectivity index (χ1n) is 9.24. The molecule has 0 aliphatic heterocycles. The van der Waals surface area contributed by atoms with Gasteiger partial charge in [-0.25, -0.2) is 0 Å². The van der Waals surface area contributed by atoms with Gasteiger partial charge in [-0.1, -0.05) is 68.4 Å². The molecule has 0 heterocycles. The molecular formula is C22H26N2O4. The second kappa shape index (κ2) is 9.80. The molecule has 6 nitrogen and oxygen atoms in total. The normalized spacial score (nSPS) is 13.0. The van der Waals surface area contributed by atoms with Crippen LogP contribution >= 0.6 is 0 Å². The fourth-order valence-corrected chi connectivity index (χ4v) is 2.83. The lowest BCUT2D eigenvalue weighted by molar-refractivity contribution is -0.133. The summed E-state index contributed by atoms with van der Waals surface area (Å²) in [6.45, 7) is 3.78. The van der Waals surface area contributed by atoms with E-state index in [-0.39, 0.29) is 18.1 Å². The summed E-state index contributed by atoms with van der Waals surface area (Å²) >= 11 is 0. The number of carbonyl (C=O) groups excluding carboxylic acids is 3. The van der Waals surface area contributed by atoms with Gasteiger partial charge in [-0.2, -0.15) is 0 Å². The van der Waals surface area contributed by atoms with Gasteiger partial charge in [0.25, 0.3) is 0 Å². The number of primary amides is 1. The van der Waals surface area contributed by atoms with Crippen molar-refractivity contribution in [3.05, 3.63) is 71.3 Å². The van der Waals surface area contributed by atoms with Gasteiger partial charge >= 0.3 is 0 Å². The Morgan fingerprint density at radius 3 is 2.07 bits per heavy atom. The third-order valence-electron chi connectivity index (χ3n) is 4.35. The lowest BCUT2D eigenvalue weighted by atomic mass is 9.99. The van der Waals surface area contributed by atoms with E-state index in [0.29, 0.717) is 17.5 Å². The molecule has 0 saturated carbocycles. The van der Waals surface area contributed by atoms with E-state index in [1.54, 1.807) is 48.5 Å².